The zero-order valence-corrected chi connectivity index (χ0v) is 13.6. The summed E-state index contributed by atoms with van der Waals surface area (Å²) in [6, 6.07) is 5.52. The van der Waals surface area contributed by atoms with E-state index < -0.39 is 0 Å². The van der Waals surface area contributed by atoms with Crippen LogP contribution < -0.4 is 5.73 Å². The van der Waals surface area contributed by atoms with Crippen LogP contribution in [0, 0.1) is 17.8 Å². The van der Waals surface area contributed by atoms with Gasteiger partial charge in [0.1, 0.15) is 0 Å². The fourth-order valence-electron chi connectivity index (χ4n) is 3.64. The first-order chi connectivity index (χ1) is 9.99. The molecule has 5 heteroatoms. The zero-order chi connectivity index (χ0) is 15.1. The maximum absolute atomic E-state index is 12.5. The molecule has 0 spiro atoms. The molecule has 1 aliphatic heterocycles. The van der Waals surface area contributed by atoms with Crippen LogP contribution in [-0.4, -0.2) is 16.7 Å². The van der Waals surface area contributed by atoms with Crippen molar-refractivity contribution >= 4 is 33.4 Å². The highest BCUT2D eigenvalue weighted by Crippen LogP contribution is 2.44. The maximum atomic E-state index is 12.5. The van der Waals surface area contributed by atoms with E-state index in [0.29, 0.717) is 18.2 Å². The number of likely N-dealkylation sites (tertiary alicyclic amines) is 1. The number of rotatable bonds is 3. The summed E-state index contributed by atoms with van der Waals surface area (Å²) in [6.45, 7) is 2.45. The minimum absolute atomic E-state index is 0.000466. The molecule has 0 bridgehead atoms. The van der Waals surface area contributed by atoms with E-state index in [9.17, 15) is 9.59 Å². The first-order valence-electron chi connectivity index (χ1n) is 7.39. The summed E-state index contributed by atoms with van der Waals surface area (Å²) >= 11 is 3.39. The number of nitrogens with two attached hydrogens (primary N) is 1. The fraction of sp³-hybridized carbons (Fsp3) is 0.500. The summed E-state index contributed by atoms with van der Waals surface area (Å²) in [5.74, 6) is 0.342. The van der Waals surface area contributed by atoms with Gasteiger partial charge in [0.05, 0.1) is 18.4 Å². The lowest BCUT2D eigenvalue weighted by Gasteiger charge is -2.18. The monoisotopic (exact) mass is 350 g/mol. The molecule has 1 saturated carbocycles. The predicted octanol–water partition coefficient (Wildman–Crippen LogP) is 2.95. The number of benzene rings is 1. The molecule has 1 aromatic carbocycles. The van der Waals surface area contributed by atoms with Crippen LogP contribution in [0.4, 0.5) is 5.69 Å². The number of hydrogen-bond donors (Lipinski definition) is 1. The molecule has 3 rings (SSSR count). The van der Waals surface area contributed by atoms with E-state index in [1.807, 2.05) is 12.1 Å². The Balaban J connectivity index is 1.79. The van der Waals surface area contributed by atoms with Crippen LogP contribution >= 0.6 is 15.9 Å². The molecule has 2 aliphatic rings. The van der Waals surface area contributed by atoms with Crippen molar-refractivity contribution in [3.8, 4) is 0 Å². The Morgan fingerprint density at radius 2 is 1.81 bits per heavy atom. The van der Waals surface area contributed by atoms with Gasteiger partial charge in [0.15, 0.2) is 0 Å². The first-order valence-corrected chi connectivity index (χ1v) is 8.19. The molecule has 2 unspecified atom stereocenters. The molecule has 0 radical (unpaired) electrons. The van der Waals surface area contributed by atoms with Gasteiger partial charge in [-0.1, -0.05) is 29.3 Å². The molecule has 1 aliphatic carbocycles. The Labute approximate surface area is 132 Å². The Morgan fingerprint density at radius 3 is 2.33 bits per heavy atom. The molecule has 2 fully saturated rings. The Morgan fingerprint density at radius 1 is 1.19 bits per heavy atom. The summed E-state index contributed by atoms with van der Waals surface area (Å²) in [7, 11) is 0. The second-order valence-corrected chi connectivity index (χ2v) is 7.03. The minimum Gasteiger partial charge on any atom is -0.399 e. The Bertz CT molecular complexity index is 558. The summed E-state index contributed by atoms with van der Waals surface area (Å²) < 4.78 is 0.864. The lowest BCUT2D eigenvalue weighted by atomic mass is 10.00. The average molecular weight is 351 g/mol. The molecule has 0 aromatic heterocycles. The van der Waals surface area contributed by atoms with Crippen molar-refractivity contribution in [1.82, 2.24) is 4.90 Å². The van der Waals surface area contributed by atoms with E-state index in [1.165, 1.54) is 4.90 Å². The van der Waals surface area contributed by atoms with E-state index in [2.05, 4.69) is 22.9 Å². The number of hydrogen-bond acceptors (Lipinski definition) is 3. The van der Waals surface area contributed by atoms with Gasteiger partial charge in [-0.25, -0.2) is 0 Å². The minimum atomic E-state index is -0.0908. The van der Waals surface area contributed by atoms with Crippen LogP contribution in [-0.2, 0) is 16.1 Å². The Kier molecular flexibility index (Phi) is 3.78. The van der Waals surface area contributed by atoms with Crippen LogP contribution in [0.25, 0.3) is 0 Å². The number of anilines is 1. The van der Waals surface area contributed by atoms with Crippen molar-refractivity contribution in [2.24, 2.45) is 17.8 Å². The fourth-order valence-corrected chi connectivity index (χ4v) is 4.19. The normalized spacial score (nSPS) is 28.3. The van der Waals surface area contributed by atoms with E-state index in [4.69, 9.17) is 5.73 Å². The van der Waals surface area contributed by atoms with Crippen molar-refractivity contribution in [2.45, 2.75) is 32.7 Å². The van der Waals surface area contributed by atoms with Gasteiger partial charge in [-0.2, -0.15) is 0 Å². The second kappa shape index (κ2) is 5.44. The Hall–Kier alpha value is -1.36. The third-order valence-corrected chi connectivity index (χ3v) is 5.18. The van der Waals surface area contributed by atoms with Crippen LogP contribution in [0.1, 0.15) is 31.7 Å². The molecule has 2 atom stereocenters. The third kappa shape index (κ3) is 2.59. The summed E-state index contributed by atoms with van der Waals surface area (Å²) in [5, 5.41) is 0. The highest BCUT2D eigenvalue weighted by atomic mass is 79.9. The number of imide groups is 1. The van der Waals surface area contributed by atoms with Gasteiger partial charge in [-0.3, -0.25) is 14.5 Å². The lowest BCUT2D eigenvalue weighted by Crippen LogP contribution is -2.31. The number of fused-ring (bicyclic) bond motifs is 1. The largest absolute Gasteiger partial charge is 0.399 e. The van der Waals surface area contributed by atoms with Crippen LogP contribution in [0.15, 0.2) is 22.7 Å². The molecule has 4 nitrogen and oxygen atoms in total. The zero-order valence-electron chi connectivity index (χ0n) is 12.0. The molecule has 1 saturated heterocycles. The quantitative estimate of drug-likeness (QED) is 0.673. The molecule has 2 N–H and O–H groups in total. The molecule has 21 heavy (non-hydrogen) atoms. The van der Waals surface area contributed by atoms with Gasteiger partial charge in [0, 0.05) is 10.2 Å². The summed E-state index contributed by atoms with van der Waals surface area (Å²) in [4.78, 5) is 26.4. The number of carbonyl (C=O) groups is 2. The van der Waals surface area contributed by atoms with E-state index >= 15 is 0 Å². The van der Waals surface area contributed by atoms with Gasteiger partial charge in [-0.15, -0.1) is 0 Å². The summed E-state index contributed by atoms with van der Waals surface area (Å²) in [6.07, 6.45) is 2.78. The van der Waals surface area contributed by atoms with Crippen molar-refractivity contribution in [3.63, 3.8) is 0 Å². The highest BCUT2D eigenvalue weighted by molar-refractivity contribution is 9.10. The van der Waals surface area contributed by atoms with Crippen molar-refractivity contribution in [2.75, 3.05) is 5.73 Å². The molecule has 1 aromatic rings. The van der Waals surface area contributed by atoms with Crippen molar-refractivity contribution in [1.29, 1.82) is 0 Å². The number of nitrogen functional groups attached to an aromatic ring is 1. The smallest absolute Gasteiger partial charge is 0.233 e. The molecule has 2 amide bonds. The predicted molar refractivity (Wildman–Crippen MR) is 84.1 cm³/mol. The average Bonchev–Trinajstić information content (AvgIpc) is 2.93. The number of amides is 2. The number of nitrogens with zero attached hydrogens (tertiary/aromatic N) is 1. The third-order valence-electron chi connectivity index (χ3n) is 4.72. The van der Waals surface area contributed by atoms with Gasteiger partial charge in [0.2, 0.25) is 11.8 Å². The highest BCUT2D eigenvalue weighted by Gasteiger charge is 2.51. The van der Waals surface area contributed by atoms with Crippen LogP contribution in [0.2, 0.25) is 0 Å². The maximum Gasteiger partial charge on any atom is 0.233 e. The topological polar surface area (TPSA) is 63.4 Å². The molecule has 1 heterocycles. The van der Waals surface area contributed by atoms with E-state index in [-0.39, 0.29) is 23.7 Å². The van der Waals surface area contributed by atoms with Crippen LogP contribution in [0.3, 0.4) is 0 Å². The standard InChI is InChI=1S/C16H19BrN2O2/c1-2-9-5-13-14(6-9)16(21)19(15(13)20)8-10-3-11(17)7-12(18)4-10/h3-4,7,9,13-14H,2,5-6,8,18H2,1H3. The van der Waals surface area contributed by atoms with Crippen molar-refractivity contribution < 1.29 is 9.59 Å². The number of carbonyl (C=O) groups excluding carboxylic acids is 2. The van der Waals surface area contributed by atoms with E-state index in [1.54, 1.807) is 6.07 Å². The van der Waals surface area contributed by atoms with Gasteiger partial charge in [-0.05, 0) is 42.5 Å². The lowest BCUT2D eigenvalue weighted by molar-refractivity contribution is -0.141. The second-order valence-electron chi connectivity index (χ2n) is 6.11. The molecular weight excluding hydrogens is 332 g/mol. The first kappa shape index (κ1) is 14.6. The molecular formula is C16H19BrN2O2. The van der Waals surface area contributed by atoms with Crippen molar-refractivity contribution in [3.05, 3.63) is 28.2 Å². The summed E-state index contributed by atoms with van der Waals surface area (Å²) in [5.41, 5.74) is 7.33. The van der Waals surface area contributed by atoms with E-state index in [0.717, 1.165) is 29.3 Å². The van der Waals surface area contributed by atoms with Gasteiger partial charge < -0.3 is 5.73 Å². The molecule has 112 valence electrons. The van der Waals surface area contributed by atoms with Crippen LogP contribution in [0.5, 0.6) is 0 Å². The van der Waals surface area contributed by atoms with Gasteiger partial charge >= 0.3 is 0 Å². The number of halogens is 1. The SMILES string of the molecule is CCC1CC2C(=O)N(Cc3cc(N)cc(Br)c3)C(=O)C2C1. The van der Waals surface area contributed by atoms with Gasteiger partial charge in [0.25, 0.3) is 0 Å².